The fourth-order valence-electron chi connectivity index (χ4n) is 2.27. The van der Waals surface area contributed by atoms with E-state index in [1.54, 1.807) is 5.38 Å². The number of esters is 1. The minimum absolute atomic E-state index is 0.00745. The van der Waals surface area contributed by atoms with E-state index in [9.17, 15) is 19.2 Å². The van der Waals surface area contributed by atoms with Gasteiger partial charge in [-0.25, -0.2) is 4.79 Å². The minimum Gasteiger partial charge on any atom is -0.465 e. The molecule has 3 amide bonds. The molecule has 0 bridgehead atoms. The van der Waals surface area contributed by atoms with Gasteiger partial charge in [0.05, 0.1) is 12.0 Å². The number of amides is 3. The van der Waals surface area contributed by atoms with Gasteiger partial charge in [0.15, 0.2) is 0 Å². The fourth-order valence-corrected chi connectivity index (χ4v) is 3.89. The maximum Gasteiger partial charge on any atom is 0.341 e. The summed E-state index contributed by atoms with van der Waals surface area (Å²) in [6.45, 7) is 0. The van der Waals surface area contributed by atoms with Crippen LogP contribution in [0.2, 0.25) is 0 Å². The highest BCUT2D eigenvalue weighted by Gasteiger charge is 2.27. The lowest BCUT2D eigenvalue weighted by Crippen LogP contribution is -2.19. The average Bonchev–Trinajstić information content (AvgIpc) is 3.17. The Hall–Kier alpha value is -2.91. The van der Waals surface area contributed by atoms with E-state index in [2.05, 4.69) is 10.6 Å². The number of imide groups is 1. The molecule has 2 heterocycles. The number of ether oxygens (including phenoxy) is 1. The first-order valence-corrected chi connectivity index (χ1v) is 9.00. The van der Waals surface area contributed by atoms with Gasteiger partial charge in [-0.3, -0.25) is 19.7 Å². The highest BCUT2D eigenvalue weighted by Crippen LogP contribution is 2.36. The van der Waals surface area contributed by atoms with Gasteiger partial charge in [-0.15, -0.1) is 11.3 Å². The summed E-state index contributed by atoms with van der Waals surface area (Å²) in [4.78, 5) is 47.1. The van der Waals surface area contributed by atoms with Crippen molar-refractivity contribution in [3.63, 3.8) is 0 Å². The van der Waals surface area contributed by atoms with Crippen LogP contribution in [0.5, 0.6) is 0 Å². The molecule has 26 heavy (non-hydrogen) atoms. The normalized spacial score (nSPS) is 15.0. The Morgan fingerprint density at radius 3 is 2.54 bits per heavy atom. The number of thiophene rings is 1. The molecular weight excluding hydrogens is 376 g/mol. The molecule has 1 fully saturated rings. The Morgan fingerprint density at radius 1 is 1.19 bits per heavy atom. The van der Waals surface area contributed by atoms with Crippen molar-refractivity contribution in [3.05, 3.63) is 52.3 Å². The Morgan fingerprint density at radius 2 is 1.92 bits per heavy atom. The van der Waals surface area contributed by atoms with E-state index < -0.39 is 23.0 Å². The molecule has 2 aromatic rings. The highest BCUT2D eigenvalue weighted by atomic mass is 32.2. The zero-order chi connectivity index (χ0) is 18.7. The summed E-state index contributed by atoms with van der Waals surface area (Å²) in [7, 11) is 1.26. The summed E-state index contributed by atoms with van der Waals surface area (Å²) in [6.07, 6.45) is 1.02. The predicted molar refractivity (Wildman–Crippen MR) is 98.9 cm³/mol. The van der Waals surface area contributed by atoms with Crippen LogP contribution in [0, 0.1) is 0 Å². The third kappa shape index (κ3) is 3.68. The Balaban J connectivity index is 1.91. The molecule has 0 saturated carbocycles. The third-order valence-corrected chi connectivity index (χ3v) is 5.11. The molecule has 1 aromatic carbocycles. The molecule has 3 rings (SSSR count). The van der Waals surface area contributed by atoms with Gasteiger partial charge in [0.2, 0.25) is 5.91 Å². The van der Waals surface area contributed by atoms with Crippen molar-refractivity contribution in [2.75, 3.05) is 12.4 Å². The number of anilines is 1. The molecule has 0 aliphatic carbocycles. The van der Waals surface area contributed by atoms with Crippen LogP contribution in [0.4, 0.5) is 9.80 Å². The van der Waals surface area contributed by atoms with E-state index in [0.29, 0.717) is 22.3 Å². The van der Waals surface area contributed by atoms with Gasteiger partial charge in [-0.2, -0.15) is 0 Å². The predicted octanol–water partition coefficient (Wildman–Crippen LogP) is 3.01. The van der Waals surface area contributed by atoms with Crippen LogP contribution in [0.15, 0.2) is 46.7 Å². The second-order valence-electron chi connectivity index (χ2n) is 5.05. The molecular formula is C17H12N2O5S2. The van der Waals surface area contributed by atoms with Gasteiger partial charge in [-0.1, -0.05) is 30.3 Å². The molecule has 9 heteroatoms. The van der Waals surface area contributed by atoms with Crippen molar-refractivity contribution >= 4 is 51.1 Å². The van der Waals surface area contributed by atoms with Crippen molar-refractivity contribution in [2.24, 2.45) is 0 Å². The number of methoxy groups -OCH3 is 1. The zero-order valence-corrected chi connectivity index (χ0v) is 15.0. The highest BCUT2D eigenvalue weighted by molar-refractivity contribution is 8.18. The Kier molecular flexibility index (Phi) is 5.19. The fraction of sp³-hybridized carbons (Fsp3) is 0.0588. The summed E-state index contributed by atoms with van der Waals surface area (Å²) >= 11 is 1.81. The molecule has 1 aliphatic heterocycles. The Bertz CT molecular complexity index is 934. The quantitative estimate of drug-likeness (QED) is 0.617. The standard InChI is InChI=1S/C17H12N2O5S2/c1-24-16(22)13-10(9-5-3-2-4-6-9)8-25-15(13)18-12(20)7-11-14(21)19-17(23)26-11/h2-8H,1H3,(H,18,20)(H,19,21,23)/b11-7-. The van der Waals surface area contributed by atoms with Crippen molar-refractivity contribution in [3.8, 4) is 11.1 Å². The second kappa shape index (κ2) is 7.54. The van der Waals surface area contributed by atoms with E-state index in [-0.39, 0.29) is 10.5 Å². The monoisotopic (exact) mass is 388 g/mol. The minimum atomic E-state index is -0.625. The second-order valence-corrected chi connectivity index (χ2v) is 6.95. The molecule has 0 radical (unpaired) electrons. The van der Waals surface area contributed by atoms with Gasteiger partial charge in [0.25, 0.3) is 11.1 Å². The Labute approximate surface area is 156 Å². The van der Waals surface area contributed by atoms with Crippen LogP contribution in [0.3, 0.4) is 0 Å². The van der Waals surface area contributed by atoms with Crippen molar-refractivity contribution in [1.82, 2.24) is 5.32 Å². The first kappa shape index (κ1) is 17.9. The van der Waals surface area contributed by atoms with E-state index in [1.165, 1.54) is 18.4 Å². The summed E-state index contributed by atoms with van der Waals surface area (Å²) in [5, 5.41) is 6.15. The summed E-state index contributed by atoms with van der Waals surface area (Å²) in [5.74, 6) is -1.83. The number of hydrogen-bond acceptors (Lipinski definition) is 7. The van der Waals surface area contributed by atoms with E-state index in [4.69, 9.17) is 4.74 Å². The van der Waals surface area contributed by atoms with Crippen LogP contribution < -0.4 is 10.6 Å². The maximum atomic E-state index is 12.2. The molecule has 1 aromatic heterocycles. The van der Waals surface area contributed by atoms with Gasteiger partial charge in [0, 0.05) is 17.0 Å². The summed E-state index contributed by atoms with van der Waals surface area (Å²) in [6, 6.07) is 9.21. The zero-order valence-electron chi connectivity index (χ0n) is 13.4. The number of rotatable bonds is 4. The van der Waals surface area contributed by atoms with Crippen molar-refractivity contribution in [2.45, 2.75) is 0 Å². The van der Waals surface area contributed by atoms with Crippen LogP contribution in [0.1, 0.15) is 10.4 Å². The number of carbonyl (C=O) groups excluding carboxylic acids is 4. The van der Waals surface area contributed by atoms with E-state index in [1.807, 2.05) is 30.3 Å². The van der Waals surface area contributed by atoms with Crippen LogP contribution >= 0.6 is 23.1 Å². The van der Waals surface area contributed by atoms with Gasteiger partial charge in [-0.05, 0) is 17.3 Å². The van der Waals surface area contributed by atoms with Crippen molar-refractivity contribution < 1.29 is 23.9 Å². The molecule has 0 atom stereocenters. The van der Waals surface area contributed by atoms with Crippen LogP contribution in [0.25, 0.3) is 11.1 Å². The molecule has 0 unspecified atom stereocenters. The molecule has 2 N–H and O–H groups in total. The first-order valence-electron chi connectivity index (χ1n) is 7.30. The topological polar surface area (TPSA) is 102 Å². The first-order chi connectivity index (χ1) is 12.5. The van der Waals surface area contributed by atoms with Gasteiger partial charge >= 0.3 is 5.97 Å². The lowest BCUT2D eigenvalue weighted by Gasteiger charge is -2.06. The number of hydrogen-bond donors (Lipinski definition) is 2. The van der Waals surface area contributed by atoms with E-state index in [0.717, 1.165) is 11.6 Å². The largest absolute Gasteiger partial charge is 0.465 e. The number of benzene rings is 1. The lowest BCUT2D eigenvalue weighted by molar-refractivity contribution is -0.116. The molecule has 132 valence electrons. The number of carbonyl (C=O) groups is 4. The molecule has 1 saturated heterocycles. The number of thioether (sulfide) groups is 1. The lowest BCUT2D eigenvalue weighted by atomic mass is 10.0. The summed E-state index contributed by atoms with van der Waals surface area (Å²) < 4.78 is 4.83. The smallest absolute Gasteiger partial charge is 0.341 e. The molecule has 1 aliphatic rings. The van der Waals surface area contributed by atoms with Crippen LogP contribution in [-0.2, 0) is 14.3 Å². The molecule has 7 nitrogen and oxygen atoms in total. The van der Waals surface area contributed by atoms with Crippen molar-refractivity contribution in [1.29, 1.82) is 0 Å². The van der Waals surface area contributed by atoms with Gasteiger partial charge < -0.3 is 10.1 Å². The SMILES string of the molecule is COC(=O)c1c(-c2ccccc2)csc1NC(=O)/C=C1\SC(=O)NC1=O. The third-order valence-electron chi connectivity index (χ3n) is 3.41. The van der Waals surface area contributed by atoms with E-state index >= 15 is 0 Å². The van der Waals surface area contributed by atoms with Gasteiger partial charge in [0.1, 0.15) is 10.6 Å². The average molecular weight is 388 g/mol. The summed E-state index contributed by atoms with van der Waals surface area (Å²) in [5.41, 5.74) is 1.67. The molecule has 0 spiro atoms. The maximum absolute atomic E-state index is 12.2. The van der Waals surface area contributed by atoms with Crippen LogP contribution in [-0.4, -0.2) is 30.1 Å². The number of nitrogens with one attached hydrogen (secondary N) is 2.